The summed E-state index contributed by atoms with van der Waals surface area (Å²) < 4.78 is 2.09. The van der Waals surface area contributed by atoms with Gasteiger partial charge in [0.05, 0.1) is 0 Å². The summed E-state index contributed by atoms with van der Waals surface area (Å²) in [6.07, 6.45) is 20.0. The minimum absolute atomic E-state index is 0. The second kappa shape index (κ2) is 19.8. The summed E-state index contributed by atoms with van der Waals surface area (Å²) in [6.45, 7) is 2.04. The van der Waals surface area contributed by atoms with Crippen LogP contribution in [-0.4, -0.2) is 3.71 Å². The van der Waals surface area contributed by atoms with Crippen LogP contribution in [0.4, 0.5) is 0 Å². The Morgan fingerprint density at radius 3 is 1.40 bits per heavy atom. The van der Waals surface area contributed by atoms with Gasteiger partial charge in [-0.3, -0.25) is 12.2 Å². The Bertz CT molecular complexity index is 186. The normalized spacial score (nSPS) is 12.7. The molecule has 0 bridgehead atoms. The van der Waals surface area contributed by atoms with Crippen molar-refractivity contribution in [2.24, 2.45) is 0 Å². The number of rotatable bonds is 0. The van der Waals surface area contributed by atoms with E-state index in [-0.39, 0.29) is 24.8 Å². The minimum atomic E-state index is 0. The van der Waals surface area contributed by atoms with E-state index in [9.17, 15) is 0 Å². The van der Waals surface area contributed by atoms with Crippen molar-refractivity contribution < 1.29 is 24.2 Å². The standard InChI is InChI=1S/2C5H5.C2H4.2ClH.Zr/c2*1-2-4-5-3-1;1-2;;;/h2*1-3H,4H2;1H,2H3;2*1H;/q2*-1;;;;+2. The molecule has 2 aliphatic rings. The van der Waals surface area contributed by atoms with Crippen LogP contribution in [0.1, 0.15) is 19.8 Å². The maximum absolute atomic E-state index is 2.99. The molecule has 0 fully saturated rings. The van der Waals surface area contributed by atoms with E-state index in [1.165, 1.54) is 24.2 Å². The number of halogens is 2. The Morgan fingerprint density at radius 1 is 1.00 bits per heavy atom. The topological polar surface area (TPSA) is 0 Å². The first-order valence-electron chi connectivity index (χ1n) is 4.30. The van der Waals surface area contributed by atoms with E-state index >= 15 is 0 Å². The van der Waals surface area contributed by atoms with Crippen LogP contribution in [-0.2, 0) is 24.2 Å². The first kappa shape index (κ1) is 20.7. The van der Waals surface area contributed by atoms with E-state index in [1.807, 2.05) is 31.2 Å². The van der Waals surface area contributed by atoms with Crippen molar-refractivity contribution in [2.75, 3.05) is 0 Å². The zero-order valence-electron chi connectivity index (χ0n) is 8.77. The fourth-order valence-corrected chi connectivity index (χ4v) is 0.680. The molecule has 2 rings (SSSR count). The molecule has 0 aromatic heterocycles. The molecule has 0 heterocycles. The third-order valence-electron chi connectivity index (χ3n) is 1.17. The van der Waals surface area contributed by atoms with Gasteiger partial charge in [0.25, 0.3) is 0 Å². The summed E-state index contributed by atoms with van der Waals surface area (Å²) in [5, 5.41) is 0. The van der Waals surface area contributed by atoms with Crippen molar-refractivity contribution in [3.05, 3.63) is 48.6 Å². The molecule has 0 saturated heterocycles. The van der Waals surface area contributed by atoms with Crippen LogP contribution >= 0.6 is 24.8 Å². The molecule has 15 heavy (non-hydrogen) atoms. The van der Waals surface area contributed by atoms with Crippen molar-refractivity contribution in [1.82, 2.24) is 0 Å². The number of allylic oxidation sites excluding steroid dienone is 8. The molecule has 0 amide bonds. The molecule has 0 nitrogen and oxygen atoms in total. The Labute approximate surface area is 120 Å². The first-order valence-corrected chi connectivity index (χ1v) is 5.72. The van der Waals surface area contributed by atoms with Gasteiger partial charge in [0.15, 0.2) is 0 Å². The molecule has 0 spiro atoms. The Kier molecular flexibility index (Phi) is 27.3. The molecule has 0 aliphatic heterocycles. The van der Waals surface area contributed by atoms with Gasteiger partial charge in [0.1, 0.15) is 0 Å². The van der Waals surface area contributed by atoms with Crippen LogP contribution < -0.4 is 0 Å². The first-order chi connectivity index (χ1) is 6.41. The van der Waals surface area contributed by atoms with Crippen molar-refractivity contribution in [3.8, 4) is 0 Å². The Balaban J connectivity index is -0.000000140. The third kappa shape index (κ3) is 20.4. The quantitative estimate of drug-likeness (QED) is 0.595. The SMILES string of the molecule is C[CH]=[Zr+2].Cl.Cl.[C-]1=CC=CC1.[C-]1=CC=CC1. The predicted molar refractivity (Wildman–Crippen MR) is 69.4 cm³/mol. The second-order valence-corrected chi connectivity index (χ2v) is 3.71. The van der Waals surface area contributed by atoms with Gasteiger partial charge in [0, 0.05) is 0 Å². The van der Waals surface area contributed by atoms with Crippen LogP contribution in [0.25, 0.3) is 0 Å². The van der Waals surface area contributed by atoms with Crippen LogP contribution in [0, 0.1) is 12.2 Å². The van der Waals surface area contributed by atoms with Gasteiger partial charge < -0.3 is 0 Å². The minimum Gasteiger partial charge on any atom is -0.273 e. The predicted octanol–water partition coefficient (Wildman–Crippen LogP) is 3.81. The largest absolute Gasteiger partial charge is 0.273 e. The molecule has 82 valence electrons. The fourth-order valence-electron chi connectivity index (χ4n) is 0.680. The van der Waals surface area contributed by atoms with Crippen molar-refractivity contribution >= 4 is 28.5 Å². The molecule has 3 heteroatoms. The van der Waals surface area contributed by atoms with Gasteiger partial charge in [-0.05, 0) is 0 Å². The smallest absolute Gasteiger partial charge is 0.109 e. The number of hydrogen-bond acceptors (Lipinski definition) is 0. The van der Waals surface area contributed by atoms with E-state index in [2.05, 4.69) is 28.0 Å². The van der Waals surface area contributed by atoms with Crippen molar-refractivity contribution in [3.63, 3.8) is 0 Å². The van der Waals surface area contributed by atoms with E-state index in [1.54, 1.807) is 0 Å². The second-order valence-electron chi connectivity index (χ2n) is 2.29. The maximum Gasteiger partial charge on any atom is -0.109 e. The van der Waals surface area contributed by atoms with E-state index in [0.29, 0.717) is 0 Å². The van der Waals surface area contributed by atoms with E-state index in [0.717, 1.165) is 12.8 Å². The van der Waals surface area contributed by atoms with E-state index < -0.39 is 0 Å². The zero-order chi connectivity index (χ0) is 9.78. The fraction of sp³-hybridized carbons (Fsp3) is 0.250. The molecule has 0 aromatic carbocycles. The third-order valence-corrected chi connectivity index (χ3v) is 1.17. The molecular weight excluding hydrogens is 306 g/mol. The van der Waals surface area contributed by atoms with Crippen molar-refractivity contribution in [1.29, 1.82) is 0 Å². The molecular formula is C12H16Cl2Zr. The van der Waals surface area contributed by atoms with Crippen molar-refractivity contribution in [2.45, 2.75) is 19.8 Å². The summed E-state index contributed by atoms with van der Waals surface area (Å²) in [6, 6.07) is 0. The zero-order valence-corrected chi connectivity index (χ0v) is 12.9. The van der Waals surface area contributed by atoms with Crippen LogP contribution in [0.2, 0.25) is 0 Å². The summed E-state index contributed by atoms with van der Waals surface area (Å²) in [5.74, 6) is 0. The summed E-state index contributed by atoms with van der Waals surface area (Å²) in [7, 11) is 0. The van der Waals surface area contributed by atoms with E-state index in [4.69, 9.17) is 0 Å². The molecule has 0 radical (unpaired) electrons. The molecule has 0 unspecified atom stereocenters. The summed E-state index contributed by atoms with van der Waals surface area (Å²) in [5.41, 5.74) is 0. The maximum atomic E-state index is 2.99. The Hall–Kier alpha value is 0.293. The average molecular weight is 322 g/mol. The van der Waals surface area contributed by atoms with Gasteiger partial charge in [-0.25, -0.2) is 24.3 Å². The van der Waals surface area contributed by atoms with Gasteiger partial charge in [0.2, 0.25) is 0 Å². The molecule has 0 aromatic rings. The van der Waals surface area contributed by atoms with Gasteiger partial charge in [-0.2, -0.15) is 12.2 Å². The monoisotopic (exact) mass is 320 g/mol. The average Bonchev–Trinajstić information content (AvgIpc) is 2.85. The van der Waals surface area contributed by atoms with Crippen LogP contribution in [0.15, 0.2) is 36.5 Å². The van der Waals surface area contributed by atoms with Gasteiger partial charge >= 0.3 is 34.9 Å². The summed E-state index contributed by atoms with van der Waals surface area (Å²) >= 11 is 1.51. The molecule has 0 saturated carbocycles. The van der Waals surface area contributed by atoms with Gasteiger partial charge in [-0.1, -0.05) is 0 Å². The molecule has 0 N–H and O–H groups in total. The molecule has 2 aliphatic carbocycles. The Morgan fingerprint density at radius 2 is 1.33 bits per heavy atom. The number of hydrogen-bond donors (Lipinski definition) is 0. The van der Waals surface area contributed by atoms with Crippen LogP contribution in [0.5, 0.6) is 0 Å². The summed E-state index contributed by atoms with van der Waals surface area (Å²) in [4.78, 5) is 0. The van der Waals surface area contributed by atoms with Gasteiger partial charge in [-0.15, -0.1) is 37.7 Å². The molecule has 0 atom stereocenters. The van der Waals surface area contributed by atoms with Crippen LogP contribution in [0.3, 0.4) is 0 Å².